The number of hydrogen-bond donors (Lipinski definition) is 2. The number of carboxylic acid groups (broad SMARTS) is 1. The van der Waals surface area contributed by atoms with Crippen molar-refractivity contribution in [3.8, 4) is 0 Å². The Bertz CT molecular complexity index is 267. The molecule has 0 heterocycles. The molecule has 0 atom stereocenters. The summed E-state index contributed by atoms with van der Waals surface area (Å²) in [7, 11) is 0. The van der Waals surface area contributed by atoms with Gasteiger partial charge in [0.1, 0.15) is 0 Å². The van der Waals surface area contributed by atoms with Crippen molar-refractivity contribution in [2.24, 2.45) is 5.73 Å². The fourth-order valence-electron chi connectivity index (χ4n) is 1.22. The first-order valence-corrected chi connectivity index (χ1v) is 6.14. The van der Waals surface area contributed by atoms with Crippen molar-refractivity contribution in [3.63, 3.8) is 0 Å². The Kier molecular flexibility index (Phi) is 11.7. The number of nitrogens with two attached hydrogens (primary N) is 1. The summed E-state index contributed by atoms with van der Waals surface area (Å²) in [5, 5.41) is 8.41. The minimum absolute atomic E-state index is 0.212. The van der Waals surface area contributed by atoms with Crippen LogP contribution in [-0.2, 0) is 4.79 Å². The number of hydrogen-bond acceptors (Lipinski definition) is 2. The van der Waals surface area contributed by atoms with Crippen molar-refractivity contribution in [2.45, 2.75) is 38.5 Å². The van der Waals surface area contributed by atoms with Crippen LogP contribution in [0.3, 0.4) is 0 Å². The van der Waals surface area contributed by atoms with Gasteiger partial charge in [0.25, 0.3) is 0 Å². The van der Waals surface area contributed by atoms with Crippen molar-refractivity contribution < 1.29 is 9.90 Å². The summed E-state index contributed by atoms with van der Waals surface area (Å²) < 4.78 is 0. The van der Waals surface area contributed by atoms with Crippen LogP contribution >= 0.6 is 0 Å². The minimum Gasteiger partial charge on any atom is -0.481 e. The normalized spacial score (nSPS) is 12.1. The molecule has 0 spiro atoms. The van der Waals surface area contributed by atoms with Crippen molar-refractivity contribution >= 4 is 5.97 Å². The van der Waals surface area contributed by atoms with Crippen LogP contribution < -0.4 is 5.73 Å². The van der Waals surface area contributed by atoms with Crippen molar-refractivity contribution in [3.05, 3.63) is 36.5 Å². The molecular formula is C14H23NO2. The van der Waals surface area contributed by atoms with Crippen LogP contribution in [0, 0.1) is 0 Å². The fraction of sp³-hybridized carbons (Fsp3) is 0.500. The van der Waals surface area contributed by atoms with E-state index in [9.17, 15) is 4.79 Å². The molecule has 0 amide bonds. The van der Waals surface area contributed by atoms with E-state index in [-0.39, 0.29) is 6.42 Å². The van der Waals surface area contributed by atoms with Crippen LogP contribution in [0.1, 0.15) is 38.5 Å². The number of carbonyl (C=O) groups is 1. The van der Waals surface area contributed by atoms with Gasteiger partial charge in [-0.25, -0.2) is 0 Å². The van der Waals surface area contributed by atoms with Gasteiger partial charge in [0.2, 0.25) is 0 Å². The van der Waals surface area contributed by atoms with Crippen LogP contribution in [0.4, 0.5) is 0 Å². The Morgan fingerprint density at radius 3 is 2.00 bits per heavy atom. The molecule has 0 bridgehead atoms. The van der Waals surface area contributed by atoms with Crippen LogP contribution in [0.25, 0.3) is 0 Å². The highest BCUT2D eigenvalue weighted by molar-refractivity contribution is 5.66. The summed E-state index contributed by atoms with van der Waals surface area (Å²) in [5.41, 5.74) is 5.38. The first-order chi connectivity index (χ1) is 8.27. The van der Waals surface area contributed by atoms with Gasteiger partial charge >= 0.3 is 5.97 Å². The smallest absolute Gasteiger partial charge is 0.303 e. The summed E-state index contributed by atoms with van der Waals surface area (Å²) >= 11 is 0. The minimum atomic E-state index is -0.743. The topological polar surface area (TPSA) is 63.3 Å². The zero-order valence-electron chi connectivity index (χ0n) is 10.3. The van der Waals surface area contributed by atoms with Crippen LogP contribution in [-0.4, -0.2) is 17.6 Å². The molecule has 3 heteroatoms. The summed E-state index contributed by atoms with van der Waals surface area (Å²) in [4.78, 5) is 10.2. The van der Waals surface area contributed by atoms with Gasteiger partial charge in [-0.05, 0) is 38.6 Å². The van der Waals surface area contributed by atoms with Crippen molar-refractivity contribution in [1.82, 2.24) is 0 Å². The fourth-order valence-corrected chi connectivity index (χ4v) is 1.22. The van der Waals surface area contributed by atoms with Gasteiger partial charge in [-0.15, -0.1) is 0 Å². The quantitative estimate of drug-likeness (QED) is 0.453. The van der Waals surface area contributed by atoms with E-state index in [1.807, 2.05) is 12.2 Å². The van der Waals surface area contributed by atoms with Gasteiger partial charge in [0.15, 0.2) is 0 Å². The zero-order chi connectivity index (χ0) is 12.8. The Hall–Kier alpha value is -1.35. The third-order valence-electron chi connectivity index (χ3n) is 2.14. The molecule has 0 aliphatic carbocycles. The second-order valence-electron chi connectivity index (χ2n) is 3.75. The van der Waals surface area contributed by atoms with Gasteiger partial charge < -0.3 is 10.8 Å². The number of rotatable bonds is 10. The number of allylic oxidation sites excluding steroid dienone is 6. The molecule has 0 aromatic rings. The summed E-state index contributed by atoms with van der Waals surface area (Å²) in [6.07, 6.45) is 17.2. The lowest BCUT2D eigenvalue weighted by Gasteiger charge is -1.88. The third kappa shape index (κ3) is 14.7. The zero-order valence-corrected chi connectivity index (χ0v) is 10.3. The molecule has 0 saturated carbocycles. The molecule has 0 aliphatic heterocycles. The molecule has 0 aliphatic rings. The number of carboxylic acids is 1. The molecule has 17 heavy (non-hydrogen) atoms. The number of unbranched alkanes of at least 4 members (excludes halogenated alkanes) is 1. The molecule has 0 fully saturated rings. The van der Waals surface area contributed by atoms with E-state index < -0.39 is 5.97 Å². The average Bonchev–Trinajstić information content (AvgIpc) is 2.30. The lowest BCUT2D eigenvalue weighted by molar-refractivity contribution is -0.136. The largest absolute Gasteiger partial charge is 0.481 e. The lowest BCUT2D eigenvalue weighted by Crippen LogP contribution is -1.96. The Morgan fingerprint density at radius 1 is 0.941 bits per heavy atom. The van der Waals surface area contributed by atoms with E-state index in [1.165, 1.54) is 0 Å². The highest BCUT2D eigenvalue weighted by atomic mass is 16.4. The molecule has 3 N–H and O–H groups in total. The van der Waals surface area contributed by atoms with Gasteiger partial charge in [-0.2, -0.15) is 0 Å². The maximum atomic E-state index is 10.2. The Morgan fingerprint density at radius 2 is 1.47 bits per heavy atom. The highest BCUT2D eigenvalue weighted by Crippen LogP contribution is 1.96. The summed E-state index contributed by atoms with van der Waals surface area (Å²) in [6, 6.07) is 0. The van der Waals surface area contributed by atoms with Gasteiger partial charge in [-0.3, -0.25) is 4.79 Å². The second kappa shape index (κ2) is 12.7. The van der Waals surface area contributed by atoms with E-state index in [1.54, 1.807) is 0 Å². The standard InChI is InChI=1S/C14H23NO2/c15-13-11-9-7-5-3-1-2-4-6-8-10-12-14(16)17/h1-2,5-8H,3-4,9-13,15H2,(H,16,17). The van der Waals surface area contributed by atoms with E-state index in [0.29, 0.717) is 6.42 Å². The SMILES string of the molecule is NCCCC=CCC=CCC=CCCC(=O)O. The summed E-state index contributed by atoms with van der Waals surface area (Å²) in [6.45, 7) is 0.751. The van der Waals surface area contributed by atoms with E-state index in [4.69, 9.17) is 10.8 Å². The molecule has 3 nitrogen and oxygen atoms in total. The molecule has 0 saturated heterocycles. The van der Waals surface area contributed by atoms with E-state index in [2.05, 4.69) is 24.3 Å². The highest BCUT2D eigenvalue weighted by Gasteiger charge is 1.90. The Labute approximate surface area is 104 Å². The predicted octanol–water partition coefficient (Wildman–Crippen LogP) is 3.04. The predicted molar refractivity (Wildman–Crippen MR) is 71.8 cm³/mol. The van der Waals surface area contributed by atoms with Crippen molar-refractivity contribution in [2.75, 3.05) is 6.54 Å². The van der Waals surface area contributed by atoms with E-state index >= 15 is 0 Å². The molecule has 0 unspecified atom stereocenters. The van der Waals surface area contributed by atoms with Crippen molar-refractivity contribution in [1.29, 1.82) is 0 Å². The second-order valence-corrected chi connectivity index (χ2v) is 3.75. The maximum Gasteiger partial charge on any atom is 0.303 e. The molecule has 0 rings (SSSR count). The van der Waals surface area contributed by atoms with Gasteiger partial charge in [-0.1, -0.05) is 36.5 Å². The van der Waals surface area contributed by atoms with Crippen LogP contribution in [0.15, 0.2) is 36.5 Å². The van der Waals surface area contributed by atoms with E-state index in [0.717, 1.165) is 32.2 Å². The first-order valence-electron chi connectivity index (χ1n) is 6.14. The molecule has 96 valence electrons. The first kappa shape index (κ1) is 15.7. The summed E-state index contributed by atoms with van der Waals surface area (Å²) in [5.74, 6) is -0.743. The third-order valence-corrected chi connectivity index (χ3v) is 2.14. The number of aliphatic carboxylic acids is 1. The van der Waals surface area contributed by atoms with Crippen LogP contribution in [0.2, 0.25) is 0 Å². The molecule has 0 radical (unpaired) electrons. The average molecular weight is 237 g/mol. The monoisotopic (exact) mass is 237 g/mol. The molecule has 0 aromatic heterocycles. The Balaban J connectivity index is 3.35. The molecule has 0 aromatic carbocycles. The lowest BCUT2D eigenvalue weighted by atomic mass is 10.2. The van der Waals surface area contributed by atoms with Crippen LogP contribution in [0.5, 0.6) is 0 Å². The van der Waals surface area contributed by atoms with Gasteiger partial charge in [0, 0.05) is 6.42 Å². The molecular weight excluding hydrogens is 214 g/mol. The van der Waals surface area contributed by atoms with Gasteiger partial charge in [0.05, 0.1) is 0 Å². The maximum absolute atomic E-state index is 10.2.